The average molecular weight is 340 g/mol. The van der Waals surface area contributed by atoms with Crippen molar-refractivity contribution >= 4 is 17.3 Å². The number of benzene rings is 2. The molecule has 25 heavy (non-hydrogen) atoms. The Hall–Kier alpha value is -2.37. The van der Waals surface area contributed by atoms with Gasteiger partial charge >= 0.3 is 0 Å². The molecule has 0 spiro atoms. The molecule has 1 amide bonds. The van der Waals surface area contributed by atoms with E-state index in [2.05, 4.69) is 17.6 Å². The average Bonchev–Trinajstić information content (AvgIpc) is 2.65. The first kappa shape index (κ1) is 19.0. The van der Waals surface area contributed by atoms with Crippen LogP contribution in [0.25, 0.3) is 0 Å². The number of amides is 1. The molecule has 0 aliphatic carbocycles. The van der Waals surface area contributed by atoms with Gasteiger partial charge in [-0.2, -0.15) is 0 Å². The van der Waals surface area contributed by atoms with Gasteiger partial charge in [0, 0.05) is 24.5 Å². The van der Waals surface area contributed by atoms with Gasteiger partial charge in [0.15, 0.2) is 0 Å². The van der Waals surface area contributed by atoms with Crippen LogP contribution in [-0.4, -0.2) is 19.0 Å². The molecule has 0 aromatic heterocycles. The van der Waals surface area contributed by atoms with Crippen molar-refractivity contribution in [3.05, 3.63) is 59.7 Å². The fraction of sp³-hybridized carbons (Fsp3) is 0.350. The Morgan fingerprint density at radius 2 is 1.88 bits per heavy atom. The summed E-state index contributed by atoms with van der Waals surface area (Å²) >= 11 is 0. The molecule has 0 heterocycles. The van der Waals surface area contributed by atoms with Crippen molar-refractivity contribution in [2.24, 2.45) is 11.5 Å². The smallest absolute Gasteiger partial charge is 0.231 e. The van der Waals surface area contributed by atoms with Gasteiger partial charge in [0.2, 0.25) is 5.91 Å². The van der Waals surface area contributed by atoms with Gasteiger partial charge in [-0.15, -0.1) is 0 Å². The zero-order valence-electron chi connectivity index (χ0n) is 14.8. The zero-order chi connectivity index (χ0) is 18.1. The number of nitrogens with two attached hydrogens (primary N) is 2. The van der Waals surface area contributed by atoms with Crippen molar-refractivity contribution in [3.8, 4) is 0 Å². The SMILES string of the molecule is CCCNc1ccc(NC(=O)C(CCN)c2ccccc2)cc1CN. The van der Waals surface area contributed by atoms with Gasteiger partial charge in [0.25, 0.3) is 0 Å². The molecular formula is C20H28N4O. The van der Waals surface area contributed by atoms with Crippen LogP contribution in [-0.2, 0) is 11.3 Å². The number of carbonyl (C=O) groups excluding carboxylic acids is 1. The van der Waals surface area contributed by atoms with Crippen LogP contribution in [0.15, 0.2) is 48.5 Å². The first-order chi connectivity index (χ1) is 12.2. The summed E-state index contributed by atoms with van der Waals surface area (Å²) in [6, 6.07) is 15.5. The highest BCUT2D eigenvalue weighted by atomic mass is 16.1. The van der Waals surface area contributed by atoms with E-state index in [1.807, 2.05) is 48.5 Å². The predicted octanol–water partition coefficient (Wildman–Crippen LogP) is 3.04. The molecule has 1 atom stereocenters. The summed E-state index contributed by atoms with van der Waals surface area (Å²) in [5, 5.41) is 6.36. The topological polar surface area (TPSA) is 93.2 Å². The van der Waals surface area contributed by atoms with Gasteiger partial charge in [0.1, 0.15) is 0 Å². The number of nitrogens with one attached hydrogen (secondary N) is 2. The molecule has 2 aromatic carbocycles. The molecule has 5 heteroatoms. The highest BCUT2D eigenvalue weighted by molar-refractivity contribution is 5.96. The van der Waals surface area contributed by atoms with E-state index >= 15 is 0 Å². The minimum atomic E-state index is -0.259. The number of rotatable bonds is 9. The van der Waals surface area contributed by atoms with Crippen LogP contribution >= 0.6 is 0 Å². The van der Waals surface area contributed by atoms with Crippen LogP contribution in [0.4, 0.5) is 11.4 Å². The fourth-order valence-electron chi connectivity index (χ4n) is 2.80. The maximum absolute atomic E-state index is 12.7. The molecule has 2 aromatic rings. The van der Waals surface area contributed by atoms with Crippen LogP contribution in [0, 0.1) is 0 Å². The summed E-state index contributed by atoms with van der Waals surface area (Å²) in [6.07, 6.45) is 1.65. The van der Waals surface area contributed by atoms with E-state index in [9.17, 15) is 4.79 Å². The van der Waals surface area contributed by atoms with Gasteiger partial charge in [-0.3, -0.25) is 4.79 Å². The molecular weight excluding hydrogens is 312 g/mol. The predicted molar refractivity (Wildman–Crippen MR) is 105 cm³/mol. The lowest BCUT2D eigenvalue weighted by atomic mass is 9.94. The van der Waals surface area contributed by atoms with Crippen molar-refractivity contribution in [1.82, 2.24) is 0 Å². The summed E-state index contributed by atoms with van der Waals surface area (Å²) in [5.41, 5.74) is 15.3. The largest absolute Gasteiger partial charge is 0.385 e. The van der Waals surface area contributed by atoms with E-state index in [1.165, 1.54) is 0 Å². The highest BCUT2D eigenvalue weighted by Crippen LogP contribution is 2.24. The van der Waals surface area contributed by atoms with E-state index in [0.717, 1.165) is 35.5 Å². The third kappa shape index (κ3) is 5.31. The molecule has 0 aliphatic heterocycles. The lowest BCUT2D eigenvalue weighted by Gasteiger charge is -2.18. The van der Waals surface area contributed by atoms with Gasteiger partial charge in [-0.05, 0) is 48.7 Å². The van der Waals surface area contributed by atoms with Gasteiger partial charge < -0.3 is 22.1 Å². The fourth-order valence-corrected chi connectivity index (χ4v) is 2.80. The molecule has 0 aliphatic rings. The molecule has 1 unspecified atom stereocenters. The van der Waals surface area contributed by atoms with E-state index in [0.29, 0.717) is 19.5 Å². The minimum absolute atomic E-state index is 0.0473. The number of hydrogen-bond acceptors (Lipinski definition) is 4. The van der Waals surface area contributed by atoms with Gasteiger partial charge in [-0.1, -0.05) is 37.3 Å². The quantitative estimate of drug-likeness (QED) is 0.564. The van der Waals surface area contributed by atoms with Gasteiger partial charge in [0.05, 0.1) is 5.92 Å². The second kappa shape index (κ2) is 9.81. The van der Waals surface area contributed by atoms with E-state index in [4.69, 9.17) is 11.5 Å². The Balaban J connectivity index is 2.15. The third-order valence-corrected chi connectivity index (χ3v) is 4.13. The molecule has 6 N–H and O–H groups in total. The lowest BCUT2D eigenvalue weighted by Crippen LogP contribution is -2.23. The minimum Gasteiger partial charge on any atom is -0.385 e. The molecule has 0 bridgehead atoms. The van der Waals surface area contributed by atoms with E-state index in [1.54, 1.807) is 0 Å². The summed E-state index contributed by atoms with van der Waals surface area (Å²) in [6.45, 7) is 3.89. The van der Waals surface area contributed by atoms with Crippen LogP contribution in [0.2, 0.25) is 0 Å². The van der Waals surface area contributed by atoms with Crippen molar-refractivity contribution in [1.29, 1.82) is 0 Å². The summed E-state index contributed by atoms with van der Waals surface area (Å²) < 4.78 is 0. The Kier molecular flexibility index (Phi) is 7.44. The molecule has 0 saturated heterocycles. The first-order valence-corrected chi connectivity index (χ1v) is 8.82. The number of anilines is 2. The monoisotopic (exact) mass is 340 g/mol. The zero-order valence-corrected chi connectivity index (χ0v) is 14.8. The summed E-state index contributed by atoms with van der Waals surface area (Å²) in [4.78, 5) is 12.7. The second-order valence-electron chi connectivity index (χ2n) is 6.03. The second-order valence-corrected chi connectivity index (χ2v) is 6.03. The molecule has 0 fully saturated rings. The maximum Gasteiger partial charge on any atom is 0.231 e. The molecule has 2 rings (SSSR count). The highest BCUT2D eigenvalue weighted by Gasteiger charge is 2.20. The van der Waals surface area contributed by atoms with Crippen molar-refractivity contribution in [2.45, 2.75) is 32.2 Å². The Bertz CT molecular complexity index is 673. The third-order valence-electron chi connectivity index (χ3n) is 4.13. The van der Waals surface area contributed by atoms with Crippen LogP contribution in [0.5, 0.6) is 0 Å². The summed E-state index contributed by atoms with van der Waals surface area (Å²) in [5.74, 6) is -0.306. The van der Waals surface area contributed by atoms with Crippen LogP contribution in [0.1, 0.15) is 36.8 Å². The molecule has 5 nitrogen and oxygen atoms in total. The summed E-state index contributed by atoms with van der Waals surface area (Å²) in [7, 11) is 0. The molecule has 0 radical (unpaired) electrons. The number of carbonyl (C=O) groups is 1. The number of hydrogen-bond donors (Lipinski definition) is 4. The van der Waals surface area contributed by atoms with Crippen LogP contribution in [0.3, 0.4) is 0 Å². The van der Waals surface area contributed by atoms with Crippen molar-refractivity contribution in [2.75, 3.05) is 23.7 Å². The van der Waals surface area contributed by atoms with E-state index < -0.39 is 0 Å². The van der Waals surface area contributed by atoms with Gasteiger partial charge in [-0.25, -0.2) is 0 Å². The van der Waals surface area contributed by atoms with E-state index in [-0.39, 0.29) is 11.8 Å². The standard InChI is InChI=1S/C20H28N4O/c1-2-12-23-19-9-8-17(13-16(19)14-22)24-20(25)18(10-11-21)15-6-4-3-5-7-15/h3-9,13,18,23H,2,10-12,14,21-22H2,1H3,(H,24,25). The Labute approximate surface area is 149 Å². The van der Waals surface area contributed by atoms with Crippen molar-refractivity contribution < 1.29 is 4.79 Å². The normalized spacial score (nSPS) is 11.8. The van der Waals surface area contributed by atoms with Crippen LogP contribution < -0.4 is 22.1 Å². The Morgan fingerprint density at radius 1 is 1.12 bits per heavy atom. The lowest BCUT2D eigenvalue weighted by molar-refractivity contribution is -0.117. The molecule has 0 saturated carbocycles. The van der Waals surface area contributed by atoms with Crippen molar-refractivity contribution in [3.63, 3.8) is 0 Å². The molecule has 134 valence electrons. The Morgan fingerprint density at radius 3 is 2.52 bits per heavy atom. The maximum atomic E-state index is 12.7. The first-order valence-electron chi connectivity index (χ1n) is 8.82.